The SMILES string of the molecule is Cc1cccc(OC(C)C(=O)Nc2cccc(C(=O)c3ccccc3)c2)c1. The van der Waals surface area contributed by atoms with Gasteiger partial charge in [-0.2, -0.15) is 0 Å². The number of ether oxygens (including phenoxy) is 1. The number of ketones is 1. The average molecular weight is 359 g/mol. The highest BCUT2D eigenvalue weighted by molar-refractivity contribution is 6.09. The summed E-state index contributed by atoms with van der Waals surface area (Å²) in [7, 11) is 0. The molecular formula is C23H21NO3. The smallest absolute Gasteiger partial charge is 0.265 e. The van der Waals surface area contributed by atoms with E-state index in [0.717, 1.165) is 5.56 Å². The Morgan fingerprint density at radius 3 is 2.30 bits per heavy atom. The van der Waals surface area contributed by atoms with E-state index < -0.39 is 6.10 Å². The van der Waals surface area contributed by atoms with Crippen molar-refractivity contribution in [3.63, 3.8) is 0 Å². The van der Waals surface area contributed by atoms with Gasteiger partial charge in [0.2, 0.25) is 0 Å². The lowest BCUT2D eigenvalue weighted by Crippen LogP contribution is -2.30. The molecule has 1 unspecified atom stereocenters. The fourth-order valence-electron chi connectivity index (χ4n) is 2.68. The molecule has 3 aromatic carbocycles. The van der Waals surface area contributed by atoms with Crippen LogP contribution in [-0.4, -0.2) is 17.8 Å². The van der Waals surface area contributed by atoms with Crippen LogP contribution in [0.4, 0.5) is 5.69 Å². The van der Waals surface area contributed by atoms with Crippen LogP contribution in [0.25, 0.3) is 0 Å². The van der Waals surface area contributed by atoms with Crippen molar-refractivity contribution in [3.8, 4) is 5.75 Å². The zero-order valence-corrected chi connectivity index (χ0v) is 15.3. The van der Waals surface area contributed by atoms with Gasteiger partial charge in [0.05, 0.1) is 0 Å². The van der Waals surface area contributed by atoms with E-state index in [-0.39, 0.29) is 11.7 Å². The number of hydrogen-bond donors (Lipinski definition) is 1. The summed E-state index contributed by atoms with van der Waals surface area (Å²) in [5.41, 5.74) is 2.75. The molecule has 0 aliphatic carbocycles. The molecule has 0 aliphatic heterocycles. The Labute approximate surface area is 158 Å². The molecule has 4 nitrogen and oxygen atoms in total. The Bertz CT molecular complexity index is 951. The summed E-state index contributed by atoms with van der Waals surface area (Å²) in [6.07, 6.45) is -0.666. The summed E-state index contributed by atoms with van der Waals surface area (Å²) in [5, 5.41) is 2.81. The van der Waals surface area contributed by atoms with Crippen molar-refractivity contribution >= 4 is 17.4 Å². The minimum absolute atomic E-state index is 0.0873. The summed E-state index contributed by atoms with van der Waals surface area (Å²) in [5.74, 6) is 0.280. The van der Waals surface area contributed by atoms with Gasteiger partial charge in [-0.3, -0.25) is 9.59 Å². The Morgan fingerprint density at radius 1 is 0.852 bits per heavy atom. The molecule has 1 N–H and O–H groups in total. The van der Waals surface area contributed by atoms with Crippen molar-refractivity contribution in [2.45, 2.75) is 20.0 Å². The van der Waals surface area contributed by atoms with Crippen LogP contribution in [0.5, 0.6) is 5.75 Å². The molecule has 0 radical (unpaired) electrons. The number of hydrogen-bond acceptors (Lipinski definition) is 3. The molecule has 0 saturated carbocycles. The Hall–Kier alpha value is -3.40. The van der Waals surface area contributed by atoms with E-state index in [9.17, 15) is 9.59 Å². The van der Waals surface area contributed by atoms with Crippen LogP contribution in [0.1, 0.15) is 28.4 Å². The van der Waals surface area contributed by atoms with Crippen LogP contribution in [0.15, 0.2) is 78.9 Å². The van der Waals surface area contributed by atoms with Gasteiger partial charge in [-0.15, -0.1) is 0 Å². The molecule has 0 spiro atoms. The third-order valence-electron chi connectivity index (χ3n) is 4.10. The number of aryl methyl sites for hydroxylation is 1. The highest BCUT2D eigenvalue weighted by Crippen LogP contribution is 2.17. The maximum Gasteiger partial charge on any atom is 0.265 e. The van der Waals surface area contributed by atoms with Crippen molar-refractivity contribution in [1.82, 2.24) is 0 Å². The topological polar surface area (TPSA) is 55.4 Å². The van der Waals surface area contributed by atoms with Gasteiger partial charge in [0.25, 0.3) is 5.91 Å². The second kappa shape index (κ2) is 8.32. The van der Waals surface area contributed by atoms with E-state index >= 15 is 0 Å². The molecule has 136 valence electrons. The van der Waals surface area contributed by atoms with Gasteiger partial charge in [-0.1, -0.05) is 54.6 Å². The van der Waals surface area contributed by atoms with Crippen LogP contribution in [0, 0.1) is 6.92 Å². The number of carbonyl (C=O) groups excluding carboxylic acids is 2. The molecule has 1 atom stereocenters. The molecule has 1 amide bonds. The lowest BCUT2D eigenvalue weighted by molar-refractivity contribution is -0.122. The maximum absolute atomic E-state index is 12.6. The van der Waals surface area contributed by atoms with Crippen LogP contribution in [0.2, 0.25) is 0 Å². The van der Waals surface area contributed by atoms with Gasteiger partial charge < -0.3 is 10.1 Å². The monoisotopic (exact) mass is 359 g/mol. The van der Waals surface area contributed by atoms with Crippen molar-refractivity contribution < 1.29 is 14.3 Å². The second-order valence-corrected chi connectivity index (χ2v) is 6.34. The normalized spacial score (nSPS) is 11.5. The number of amides is 1. The molecule has 3 aromatic rings. The first-order chi connectivity index (χ1) is 13.0. The van der Waals surface area contributed by atoms with Crippen molar-refractivity contribution in [2.75, 3.05) is 5.32 Å². The van der Waals surface area contributed by atoms with E-state index in [1.54, 1.807) is 43.3 Å². The first kappa shape index (κ1) is 18.4. The molecule has 4 heteroatoms. The van der Waals surface area contributed by atoms with Crippen molar-refractivity contribution in [3.05, 3.63) is 95.6 Å². The van der Waals surface area contributed by atoms with Gasteiger partial charge >= 0.3 is 0 Å². The molecule has 0 aliphatic rings. The lowest BCUT2D eigenvalue weighted by atomic mass is 10.0. The summed E-state index contributed by atoms with van der Waals surface area (Å²) in [4.78, 5) is 25.0. The minimum Gasteiger partial charge on any atom is -0.481 e. The van der Waals surface area contributed by atoms with Gasteiger partial charge in [0.1, 0.15) is 5.75 Å². The van der Waals surface area contributed by atoms with E-state index in [4.69, 9.17) is 4.74 Å². The van der Waals surface area contributed by atoms with Gasteiger partial charge in [0, 0.05) is 16.8 Å². The van der Waals surface area contributed by atoms with Gasteiger partial charge in [0.15, 0.2) is 11.9 Å². The second-order valence-electron chi connectivity index (χ2n) is 6.34. The van der Waals surface area contributed by atoms with Crippen LogP contribution >= 0.6 is 0 Å². The van der Waals surface area contributed by atoms with Crippen LogP contribution in [-0.2, 0) is 4.79 Å². The van der Waals surface area contributed by atoms with E-state index in [1.165, 1.54) is 0 Å². The summed E-state index contributed by atoms with van der Waals surface area (Å²) in [6.45, 7) is 3.66. The highest BCUT2D eigenvalue weighted by Gasteiger charge is 2.16. The Kier molecular flexibility index (Phi) is 5.67. The number of benzene rings is 3. The largest absolute Gasteiger partial charge is 0.481 e. The number of rotatable bonds is 6. The number of nitrogens with one attached hydrogen (secondary N) is 1. The predicted octanol–water partition coefficient (Wildman–Crippen LogP) is 4.63. The van der Waals surface area contributed by atoms with Crippen molar-refractivity contribution in [1.29, 1.82) is 0 Å². The molecule has 0 saturated heterocycles. The third-order valence-corrected chi connectivity index (χ3v) is 4.10. The standard InChI is InChI=1S/C23H21NO3/c1-16-8-6-13-21(14-16)27-17(2)23(26)24-20-12-7-11-19(15-20)22(25)18-9-4-3-5-10-18/h3-15,17H,1-2H3,(H,24,26). The molecule has 3 rings (SSSR count). The summed E-state index contributed by atoms with van der Waals surface area (Å²) < 4.78 is 5.70. The zero-order valence-electron chi connectivity index (χ0n) is 15.3. The maximum atomic E-state index is 12.6. The first-order valence-electron chi connectivity index (χ1n) is 8.77. The minimum atomic E-state index is -0.666. The fraction of sp³-hybridized carbons (Fsp3) is 0.130. The summed E-state index contributed by atoms with van der Waals surface area (Å²) >= 11 is 0. The van der Waals surface area contributed by atoms with E-state index in [1.807, 2.05) is 49.4 Å². The quantitative estimate of drug-likeness (QED) is 0.653. The lowest BCUT2D eigenvalue weighted by Gasteiger charge is -2.15. The molecule has 0 aromatic heterocycles. The first-order valence-corrected chi connectivity index (χ1v) is 8.77. The van der Waals surface area contributed by atoms with Crippen LogP contribution in [0.3, 0.4) is 0 Å². The fourth-order valence-corrected chi connectivity index (χ4v) is 2.68. The molecule has 0 heterocycles. The Balaban J connectivity index is 1.68. The third kappa shape index (κ3) is 4.82. The van der Waals surface area contributed by atoms with E-state index in [0.29, 0.717) is 22.6 Å². The van der Waals surface area contributed by atoms with Crippen molar-refractivity contribution in [2.24, 2.45) is 0 Å². The van der Waals surface area contributed by atoms with Gasteiger partial charge in [-0.05, 0) is 43.7 Å². The molecule has 0 fully saturated rings. The Morgan fingerprint density at radius 2 is 1.56 bits per heavy atom. The molecular weight excluding hydrogens is 338 g/mol. The van der Waals surface area contributed by atoms with Crippen LogP contribution < -0.4 is 10.1 Å². The predicted molar refractivity (Wildman–Crippen MR) is 106 cm³/mol. The molecule has 0 bridgehead atoms. The average Bonchev–Trinajstić information content (AvgIpc) is 2.68. The zero-order chi connectivity index (χ0) is 19.2. The van der Waals surface area contributed by atoms with E-state index in [2.05, 4.69) is 5.32 Å². The highest BCUT2D eigenvalue weighted by atomic mass is 16.5. The summed E-state index contributed by atoms with van der Waals surface area (Å²) in [6, 6.07) is 23.5. The number of anilines is 1. The van der Waals surface area contributed by atoms with Gasteiger partial charge in [-0.25, -0.2) is 0 Å². The molecule has 27 heavy (non-hydrogen) atoms. The number of carbonyl (C=O) groups is 2.